The third kappa shape index (κ3) is 4.33. The second-order valence-corrected chi connectivity index (χ2v) is 8.12. The van der Waals surface area contributed by atoms with Crippen LogP contribution in [0.25, 0.3) is 0 Å². The van der Waals surface area contributed by atoms with Crippen LogP contribution >= 0.6 is 35.0 Å². The van der Waals surface area contributed by atoms with E-state index in [9.17, 15) is 4.79 Å². The first-order chi connectivity index (χ1) is 12.0. The molecule has 3 rings (SSSR count). The van der Waals surface area contributed by atoms with Crippen molar-refractivity contribution in [2.75, 3.05) is 11.1 Å². The van der Waals surface area contributed by atoms with Crippen LogP contribution in [-0.2, 0) is 4.79 Å². The Balaban J connectivity index is 1.68. The fourth-order valence-corrected chi connectivity index (χ4v) is 4.50. The van der Waals surface area contributed by atoms with Gasteiger partial charge in [-0.25, -0.2) is 4.98 Å². The first kappa shape index (κ1) is 18.6. The molecule has 0 spiro atoms. The second-order valence-electron chi connectivity index (χ2n) is 6.33. The maximum Gasteiger partial charge on any atom is 0.234 e. The van der Waals surface area contributed by atoms with Crippen molar-refractivity contribution in [2.24, 2.45) is 0 Å². The summed E-state index contributed by atoms with van der Waals surface area (Å²) in [5, 5.41) is 4.76. The summed E-state index contributed by atoms with van der Waals surface area (Å²) in [6.07, 6.45) is 4.90. The lowest BCUT2D eigenvalue weighted by Gasteiger charge is -2.17. The molecular formula is C18H21Cl2N3OS. The van der Waals surface area contributed by atoms with E-state index < -0.39 is 0 Å². The maximum absolute atomic E-state index is 12.3. The van der Waals surface area contributed by atoms with Gasteiger partial charge in [0.2, 0.25) is 5.91 Å². The van der Waals surface area contributed by atoms with Crippen LogP contribution in [0.4, 0.5) is 5.69 Å². The van der Waals surface area contributed by atoms with Gasteiger partial charge in [0, 0.05) is 16.8 Å². The number of nitrogens with zero attached hydrogens (tertiary/aromatic N) is 2. The van der Waals surface area contributed by atoms with Gasteiger partial charge in [-0.3, -0.25) is 4.79 Å². The van der Waals surface area contributed by atoms with Crippen LogP contribution in [0.1, 0.15) is 43.1 Å². The topological polar surface area (TPSA) is 46.9 Å². The molecule has 0 bridgehead atoms. The minimum Gasteiger partial charge on any atom is -0.324 e. The lowest BCUT2D eigenvalue weighted by Crippen LogP contribution is -2.15. The number of nitrogens with one attached hydrogen (secondary N) is 1. The van der Waals surface area contributed by atoms with Gasteiger partial charge < -0.3 is 9.88 Å². The average molecular weight is 398 g/mol. The van der Waals surface area contributed by atoms with Crippen molar-refractivity contribution in [1.82, 2.24) is 9.55 Å². The van der Waals surface area contributed by atoms with Crippen LogP contribution in [0.15, 0.2) is 23.4 Å². The number of carbonyl (C=O) groups excluding carboxylic acids is 1. The number of imidazole rings is 1. The number of carbonyl (C=O) groups is 1. The van der Waals surface area contributed by atoms with E-state index in [2.05, 4.69) is 21.8 Å². The molecule has 1 fully saturated rings. The van der Waals surface area contributed by atoms with E-state index in [1.54, 1.807) is 18.2 Å². The highest BCUT2D eigenvalue weighted by Gasteiger charge is 2.23. The summed E-state index contributed by atoms with van der Waals surface area (Å²) in [6, 6.07) is 5.53. The van der Waals surface area contributed by atoms with Gasteiger partial charge in [-0.2, -0.15) is 0 Å². The van der Waals surface area contributed by atoms with E-state index in [0.29, 0.717) is 21.8 Å². The first-order valence-electron chi connectivity index (χ1n) is 8.39. The zero-order valence-electron chi connectivity index (χ0n) is 14.3. The van der Waals surface area contributed by atoms with Crippen molar-refractivity contribution in [2.45, 2.75) is 50.7 Å². The predicted octanol–water partition coefficient (Wildman–Crippen LogP) is 5.65. The van der Waals surface area contributed by atoms with Gasteiger partial charge in [0.15, 0.2) is 5.16 Å². The Morgan fingerprint density at radius 3 is 2.76 bits per heavy atom. The molecule has 2 aromatic rings. The van der Waals surface area contributed by atoms with Gasteiger partial charge in [-0.1, -0.05) is 47.8 Å². The molecule has 4 nitrogen and oxygen atoms in total. The summed E-state index contributed by atoms with van der Waals surface area (Å²) in [4.78, 5) is 17.0. The number of hydrogen-bond acceptors (Lipinski definition) is 3. The van der Waals surface area contributed by atoms with Crippen LogP contribution in [0.3, 0.4) is 0 Å². The normalized spacial score (nSPS) is 14.9. The molecule has 1 N–H and O–H groups in total. The Hall–Kier alpha value is -1.17. The summed E-state index contributed by atoms with van der Waals surface area (Å²) in [7, 11) is 0. The lowest BCUT2D eigenvalue weighted by molar-refractivity contribution is -0.113. The van der Waals surface area contributed by atoms with Crippen LogP contribution in [0.5, 0.6) is 0 Å². The molecule has 0 unspecified atom stereocenters. The van der Waals surface area contributed by atoms with Crippen LogP contribution in [0.2, 0.25) is 10.0 Å². The Bertz CT molecular complexity index is 785. The van der Waals surface area contributed by atoms with E-state index in [1.807, 2.05) is 6.92 Å². The zero-order chi connectivity index (χ0) is 18.0. The lowest BCUT2D eigenvalue weighted by atomic mass is 10.2. The van der Waals surface area contributed by atoms with Gasteiger partial charge in [-0.15, -0.1) is 0 Å². The van der Waals surface area contributed by atoms with Gasteiger partial charge in [0.05, 0.1) is 22.2 Å². The molecule has 134 valence electrons. The van der Waals surface area contributed by atoms with E-state index in [1.165, 1.54) is 43.1 Å². The predicted molar refractivity (Wildman–Crippen MR) is 105 cm³/mol. The SMILES string of the molecule is Cc1nc(SCC(=O)Nc2cc(Cl)ccc2Cl)n(C2CCCC2)c1C. The van der Waals surface area contributed by atoms with E-state index in [4.69, 9.17) is 23.2 Å². The molecule has 1 aromatic carbocycles. The number of aromatic nitrogens is 2. The zero-order valence-corrected chi connectivity index (χ0v) is 16.6. The Kier molecular flexibility index (Phi) is 5.97. The van der Waals surface area contributed by atoms with Crippen molar-refractivity contribution in [3.8, 4) is 0 Å². The minimum absolute atomic E-state index is 0.120. The fourth-order valence-electron chi connectivity index (χ4n) is 3.20. The summed E-state index contributed by atoms with van der Waals surface area (Å²) in [6.45, 7) is 4.13. The average Bonchev–Trinajstić information content (AvgIpc) is 3.18. The van der Waals surface area contributed by atoms with Crippen molar-refractivity contribution in [1.29, 1.82) is 0 Å². The molecule has 1 amide bonds. The van der Waals surface area contributed by atoms with Crippen LogP contribution in [0, 0.1) is 13.8 Å². The molecule has 0 radical (unpaired) electrons. The summed E-state index contributed by atoms with van der Waals surface area (Å²) >= 11 is 13.5. The highest BCUT2D eigenvalue weighted by atomic mass is 35.5. The molecule has 1 aliphatic rings. The molecular weight excluding hydrogens is 377 g/mol. The summed E-state index contributed by atoms with van der Waals surface area (Å²) < 4.78 is 2.31. The Morgan fingerprint density at radius 2 is 2.04 bits per heavy atom. The monoisotopic (exact) mass is 397 g/mol. The molecule has 1 aliphatic carbocycles. The Morgan fingerprint density at radius 1 is 1.32 bits per heavy atom. The molecule has 0 aliphatic heterocycles. The molecule has 0 atom stereocenters. The number of aryl methyl sites for hydroxylation is 1. The van der Waals surface area contributed by atoms with Gasteiger partial charge in [0.1, 0.15) is 0 Å². The molecule has 1 heterocycles. The molecule has 7 heteroatoms. The summed E-state index contributed by atoms with van der Waals surface area (Å²) in [5.74, 6) is 0.163. The van der Waals surface area contributed by atoms with Crippen molar-refractivity contribution in [3.05, 3.63) is 39.6 Å². The van der Waals surface area contributed by atoms with E-state index >= 15 is 0 Å². The number of hydrogen-bond donors (Lipinski definition) is 1. The van der Waals surface area contributed by atoms with Crippen LogP contribution in [-0.4, -0.2) is 21.2 Å². The number of rotatable bonds is 5. The van der Waals surface area contributed by atoms with Gasteiger partial charge >= 0.3 is 0 Å². The van der Waals surface area contributed by atoms with Crippen molar-refractivity contribution in [3.63, 3.8) is 0 Å². The largest absolute Gasteiger partial charge is 0.324 e. The molecule has 1 saturated carbocycles. The highest BCUT2D eigenvalue weighted by molar-refractivity contribution is 7.99. The number of halogens is 2. The number of amides is 1. The summed E-state index contributed by atoms with van der Waals surface area (Å²) in [5.41, 5.74) is 2.77. The minimum atomic E-state index is -0.120. The van der Waals surface area contributed by atoms with E-state index in [0.717, 1.165) is 10.9 Å². The maximum atomic E-state index is 12.3. The van der Waals surface area contributed by atoms with Crippen LogP contribution < -0.4 is 5.32 Å². The number of thioether (sulfide) groups is 1. The molecule has 0 saturated heterocycles. The highest BCUT2D eigenvalue weighted by Crippen LogP contribution is 2.35. The molecule has 25 heavy (non-hydrogen) atoms. The van der Waals surface area contributed by atoms with Crippen molar-refractivity contribution < 1.29 is 4.79 Å². The Labute approximate surface area is 162 Å². The first-order valence-corrected chi connectivity index (χ1v) is 10.1. The third-order valence-electron chi connectivity index (χ3n) is 4.58. The standard InChI is InChI=1S/C18H21Cl2N3OS/c1-11-12(2)23(14-5-3-4-6-14)18(21-11)25-10-17(24)22-16-9-13(19)7-8-15(16)20/h7-9,14H,3-6,10H2,1-2H3,(H,22,24). The number of benzene rings is 1. The van der Waals surface area contributed by atoms with Crippen molar-refractivity contribution >= 4 is 46.6 Å². The van der Waals surface area contributed by atoms with Gasteiger partial charge in [0.25, 0.3) is 0 Å². The van der Waals surface area contributed by atoms with E-state index in [-0.39, 0.29) is 11.7 Å². The number of anilines is 1. The van der Waals surface area contributed by atoms with Gasteiger partial charge in [-0.05, 0) is 44.9 Å². The third-order valence-corrected chi connectivity index (χ3v) is 6.10. The molecule has 1 aromatic heterocycles. The smallest absolute Gasteiger partial charge is 0.234 e. The fraction of sp³-hybridized carbons (Fsp3) is 0.444. The second kappa shape index (κ2) is 8.02. The quantitative estimate of drug-likeness (QED) is 0.662.